The van der Waals surface area contributed by atoms with Gasteiger partial charge < -0.3 is 10.6 Å². The second-order valence-corrected chi connectivity index (χ2v) is 4.78. The van der Waals surface area contributed by atoms with Gasteiger partial charge in [-0.15, -0.1) is 0 Å². The van der Waals surface area contributed by atoms with E-state index in [0.29, 0.717) is 12.5 Å². The maximum Gasteiger partial charge on any atom is 0.287 e. The SMILES string of the molecule is Cc1cc([N+](=O)[O-])cnc1N1CCCC(CN)C1. The van der Waals surface area contributed by atoms with Crippen LogP contribution in [0, 0.1) is 23.0 Å². The first-order valence-corrected chi connectivity index (χ1v) is 6.18. The van der Waals surface area contributed by atoms with E-state index in [4.69, 9.17) is 5.73 Å². The van der Waals surface area contributed by atoms with Crippen LogP contribution in [0.1, 0.15) is 18.4 Å². The number of nitro groups is 1. The number of aryl methyl sites for hydroxylation is 1. The summed E-state index contributed by atoms with van der Waals surface area (Å²) < 4.78 is 0. The van der Waals surface area contributed by atoms with Crippen molar-refractivity contribution in [2.75, 3.05) is 24.5 Å². The first-order valence-electron chi connectivity index (χ1n) is 6.18. The van der Waals surface area contributed by atoms with Crippen molar-refractivity contribution >= 4 is 11.5 Å². The molecule has 1 unspecified atom stereocenters. The molecule has 1 aromatic rings. The van der Waals surface area contributed by atoms with Gasteiger partial charge in [-0.25, -0.2) is 4.98 Å². The summed E-state index contributed by atoms with van der Waals surface area (Å²) in [5, 5.41) is 10.7. The van der Waals surface area contributed by atoms with Gasteiger partial charge in [0.25, 0.3) is 5.69 Å². The molecule has 0 bridgehead atoms. The topological polar surface area (TPSA) is 85.3 Å². The minimum Gasteiger partial charge on any atom is -0.356 e. The maximum absolute atomic E-state index is 10.7. The molecule has 1 saturated heterocycles. The Labute approximate surface area is 106 Å². The predicted octanol–water partition coefficient (Wildman–Crippen LogP) is 1.47. The van der Waals surface area contributed by atoms with E-state index in [9.17, 15) is 10.1 Å². The average molecular weight is 250 g/mol. The van der Waals surface area contributed by atoms with Gasteiger partial charge in [0.2, 0.25) is 0 Å². The second kappa shape index (κ2) is 5.30. The zero-order valence-corrected chi connectivity index (χ0v) is 10.5. The molecular weight excluding hydrogens is 232 g/mol. The van der Waals surface area contributed by atoms with Crippen LogP contribution < -0.4 is 10.6 Å². The molecule has 1 aromatic heterocycles. The molecule has 1 aliphatic heterocycles. The maximum atomic E-state index is 10.7. The van der Waals surface area contributed by atoms with Gasteiger partial charge in [-0.2, -0.15) is 0 Å². The van der Waals surface area contributed by atoms with E-state index < -0.39 is 4.92 Å². The van der Waals surface area contributed by atoms with Gasteiger partial charge in [-0.3, -0.25) is 10.1 Å². The minimum absolute atomic E-state index is 0.0450. The van der Waals surface area contributed by atoms with Crippen molar-refractivity contribution < 1.29 is 4.92 Å². The van der Waals surface area contributed by atoms with Gasteiger partial charge in [0.1, 0.15) is 12.0 Å². The molecule has 6 nitrogen and oxygen atoms in total. The molecule has 1 fully saturated rings. The number of piperidine rings is 1. The monoisotopic (exact) mass is 250 g/mol. The molecule has 0 aromatic carbocycles. The normalized spacial score (nSPS) is 19.9. The number of aromatic nitrogens is 1. The first kappa shape index (κ1) is 12.8. The lowest BCUT2D eigenvalue weighted by atomic mass is 9.98. The van der Waals surface area contributed by atoms with E-state index in [1.54, 1.807) is 6.07 Å². The van der Waals surface area contributed by atoms with Crippen LogP contribution in [-0.2, 0) is 0 Å². The van der Waals surface area contributed by atoms with Crippen molar-refractivity contribution in [1.82, 2.24) is 4.98 Å². The van der Waals surface area contributed by atoms with Gasteiger partial charge in [0.05, 0.1) is 4.92 Å². The fourth-order valence-corrected chi connectivity index (χ4v) is 2.43. The Morgan fingerprint density at radius 1 is 1.67 bits per heavy atom. The lowest BCUT2D eigenvalue weighted by molar-refractivity contribution is -0.385. The molecule has 0 aliphatic carbocycles. The van der Waals surface area contributed by atoms with Gasteiger partial charge in [-0.1, -0.05) is 0 Å². The van der Waals surface area contributed by atoms with Crippen molar-refractivity contribution in [2.24, 2.45) is 11.7 Å². The molecule has 0 spiro atoms. The summed E-state index contributed by atoms with van der Waals surface area (Å²) in [5.74, 6) is 1.34. The van der Waals surface area contributed by atoms with E-state index >= 15 is 0 Å². The third-order valence-electron chi connectivity index (χ3n) is 3.40. The van der Waals surface area contributed by atoms with Gasteiger partial charge in [0, 0.05) is 19.2 Å². The lowest BCUT2D eigenvalue weighted by Gasteiger charge is -2.33. The highest BCUT2D eigenvalue weighted by atomic mass is 16.6. The number of pyridine rings is 1. The molecule has 2 heterocycles. The summed E-state index contributed by atoms with van der Waals surface area (Å²) in [6, 6.07) is 1.58. The molecular formula is C12H18N4O2. The van der Waals surface area contributed by atoms with Crippen LogP contribution in [0.15, 0.2) is 12.3 Å². The smallest absolute Gasteiger partial charge is 0.287 e. The standard InChI is InChI=1S/C12H18N4O2/c1-9-5-11(16(17)18)7-14-12(9)15-4-2-3-10(6-13)8-15/h5,7,10H,2-4,6,8,13H2,1H3. The molecule has 18 heavy (non-hydrogen) atoms. The van der Waals surface area contributed by atoms with E-state index in [0.717, 1.165) is 37.3 Å². The Morgan fingerprint density at radius 3 is 3.06 bits per heavy atom. The third kappa shape index (κ3) is 2.59. The molecule has 2 rings (SSSR count). The van der Waals surface area contributed by atoms with Crippen molar-refractivity contribution in [2.45, 2.75) is 19.8 Å². The first-order chi connectivity index (χ1) is 8.61. The molecule has 2 N–H and O–H groups in total. The van der Waals surface area contributed by atoms with Crippen LogP contribution in [0.3, 0.4) is 0 Å². The molecule has 1 aliphatic rings. The van der Waals surface area contributed by atoms with E-state index in [1.807, 2.05) is 6.92 Å². The number of nitrogens with two attached hydrogens (primary N) is 1. The zero-order valence-electron chi connectivity index (χ0n) is 10.5. The Balaban J connectivity index is 2.20. The van der Waals surface area contributed by atoms with Crippen LogP contribution in [0.5, 0.6) is 0 Å². The predicted molar refractivity (Wildman–Crippen MR) is 69.6 cm³/mol. The van der Waals surface area contributed by atoms with Gasteiger partial charge >= 0.3 is 0 Å². The van der Waals surface area contributed by atoms with E-state index in [1.165, 1.54) is 6.20 Å². The van der Waals surface area contributed by atoms with Crippen molar-refractivity contribution in [1.29, 1.82) is 0 Å². The zero-order chi connectivity index (χ0) is 13.1. The van der Waals surface area contributed by atoms with Crippen LogP contribution in [0.4, 0.5) is 11.5 Å². The fraction of sp³-hybridized carbons (Fsp3) is 0.583. The molecule has 1 atom stereocenters. The molecule has 0 saturated carbocycles. The molecule has 0 amide bonds. The van der Waals surface area contributed by atoms with E-state index in [-0.39, 0.29) is 5.69 Å². The summed E-state index contributed by atoms with van der Waals surface area (Å²) in [4.78, 5) is 16.7. The Bertz CT molecular complexity index is 450. The molecule has 98 valence electrons. The average Bonchev–Trinajstić information content (AvgIpc) is 2.38. The fourth-order valence-electron chi connectivity index (χ4n) is 2.43. The summed E-state index contributed by atoms with van der Waals surface area (Å²) in [5.41, 5.74) is 6.60. The molecule has 0 radical (unpaired) electrons. The summed E-state index contributed by atoms with van der Waals surface area (Å²) >= 11 is 0. The largest absolute Gasteiger partial charge is 0.356 e. The highest BCUT2D eigenvalue weighted by Gasteiger charge is 2.22. The van der Waals surface area contributed by atoms with Gasteiger partial charge in [0.15, 0.2) is 0 Å². The number of hydrogen-bond acceptors (Lipinski definition) is 5. The van der Waals surface area contributed by atoms with Crippen molar-refractivity contribution in [3.05, 3.63) is 27.9 Å². The number of rotatable bonds is 3. The third-order valence-corrected chi connectivity index (χ3v) is 3.40. The van der Waals surface area contributed by atoms with Crippen LogP contribution >= 0.6 is 0 Å². The van der Waals surface area contributed by atoms with Gasteiger partial charge in [-0.05, 0) is 37.8 Å². The quantitative estimate of drug-likeness (QED) is 0.648. The van der Waals surface area contributed by atoms with Crippen LogP contribution in [-0.4, -0.2) is 29.5 Å². The lowest BCUT2D eigenvalue weighted by Crippen LogP contribution is -2.39. The summed E-state index contributed by atoms with van der Waals surface area (Å²) in [6.45, 7) is 4.38. The highest BCUT2D eigenvalue weighted by Crippen LogP contribution is 2.25. The number of anilines is 1. The highest BCUT2D eigenvalue weighted by molar-refractivity contribution is 5.50. The summed E-state index contributed by atoms with van der Waals surface area (Å²) in [7, 11) is 0. The van der Waals surface area contributed by atoms with E-state index in [2.05, 4.69) is 9.88 Å². The van der Waals surface area contributed by atoms with Crippen LogP contribution in [0.2, 0.25) is 0 Å². The Kier molecular flexibility index (Phi) is 3.76. The molecule has 6 heteroatoms. The minimum atomic E-state index is -0.414. The van der Waals surface area contributed by atoms with Crippen molar-refractivity contribution in [3.63, 3.8) is 0 Å². The van der Waals surface area contributed by atoms with Crippen molar-refractivity contribution in [3.8, 4) is 0 Å². The second-order valence-electron chi connectivity index (χ2n) is 4.78. The number of hydrogen-bond donors (Lipinski definition) is 1. The Morgan fingerprint density at radius 2 is 2.44 bits per heavy atom. The summed E-state index contributed by atoms with van der Waals surface area (Å²) in [6.07, 6.45) is 3.58. The Hall–Kier alpha value is -1.69. The van der Waals surface area contributed by atoms with Crippen LogP contribution in [0.25, 0.3) is 0 Å². The number of nitrogens with zero attached hydrogens (tertiary/aromatic N) is 3.